The van der Waals surface area contributed by atoms with E-state index in [2.05, 4.69) is 14.5 Å². The van der Waals surface area contributed by atoms with Crippen molar-refractivity contribution in [2.45, 2.75) is 16.7 Å². The Labute approximate surface area is 124 Å². The zero-order valence-corrected chi connectivity index (χ0v) is 12.3. The Balaban J connectivity index is 2.61. The van der Waals surface area contributed by atoms with Crippen LogP contribution in [0.15, 0.2) is 34.1 Å². The molecule has 0 saturated heterocycles. The number of anilines is 1. The molecule has 9 nitrogen and oxygen atoms in total. The lowest BCUT2D eigenvalue weighted by atomic mass is 10.3. The van der Waals surface area contributed by atoms with E-state index in [9.17, 15) is 13.0 Å². The van der Waals surface area contributed by atoms with Crippen LogP contribution in [-0.2, 0) is 19.5 Å². The third kappa shape index (κ3) is 3.53. The number of nitrogens with zero attached hydrogens (tertiary/aromatic N) is 2. The molecule has 2 aromatic rings. The number of rotatable bonds is 5. The molecule has 4 N–H and O–H groups in total. The molecule has 0 aliphatic heterocycles. The lowest BCUT2D eigenvalue weighted by molar-refractivity contribution is -0.432. The van der Waals surface area contributed by atoms with E-state index < -0.39 is 10.1 Å². The van der Waals surface area contributed by atoms with Crippen LogP contribution in [0.1, 0.15) is 5.69 Å². The fraction of sp³-hybridized carbons (Fsp3) is 0.100. The number of aryl methyl sites for hydroxylation is 1. The molecule has 0 saturated carbocycles. The van der Waals surface area contributed by atoms with Crippen LogP contribution in [-0.4, -0.2) is 28.0 Å². The summed E-state index contributed by atoms with van der Waals surface area (Å²) in [6.07, 6.45) is 0. The summed E-state index contributed by atoms with van der Waals surface area (Å²) in [4.78, 5) is 0.0190. The molecule has 1 aromatic heterocycles. The molecular weight excluding hydrogens is 322 g/mol. The Hall–Kier alpha value is -1.63. The van der Waals surface area contributed by atoms with Gasteiger partial charge in [0.1, 0.15) is 10.7 Å². The Bertz CT molecular complexity index is 758. The molecule has 0 atom stereocenters. The topological polar surface area (TPSA) is 137 Å². The molecule has 21 heavy (non-hydrogen) atoms. The van der Waals surface area contributed by atoms with Gasteiger partial charge in [-0.1, -0.05) is 5.04 Å². The molecule has 114 valence electrons. The number of hydrogen-bond acceptors (Lipinski definition) is 8. The fourth-order valence-electron chi connectivity index (χ4n) is 1.70. The van der Waals surface area contributed by atoms with Crippen molar-refractivity contribution < 1.29 is 27.6 Å². The average molecular weight is 333 g/mol. The van der Waals surface area contributed by atoms with Crippen LogP contribution in [0, 0.1) is 6.92 Å². The van der Waals surface area contributed by atoms with Crippen molar-refractivity contribution in [3.63, 3.8) is 0 Å². The summed E-state index contributed by atoms with van der Waals surface area (Å²) in [5, 5.41) is 15.7. The second-order valence-corrected chi connectivity index (χ2v) is 6.12. The third-order valence-electron chi connectivity index (χ3n) is 2.46. The Morgan fingerprint density at radius 1 is 1.38 bits per heavy atom. The molecule has 0 fully saturated rings. The van der Waals surface area contributed by atoms with E-state index in [1.807, 2.05) is 0 Å². The van der Waals surface area contributed by atoms with Crippen LogP contribution in [0.25, 0.3) is 5.69 Å². The largest absolute Gasteiger partial charge is 0.384 e. The maximum absolute atomic E-state index is 11.4. The van der Waals surface area contributed by atoms with Crippen LogP contribution in [0.3, 0.4) is 0 Å². The van der Waals surface area contributed by atoms with Crippen LogP contribution in [0.5, 0.6) is 0 Å². The van der Waals surface area contributed by atoms with Crippen molar-refractivity contribution >= 4 is 28.0 Å². The third-order valence-corrected chi connectivity index (χ3v) is 3.93. The van der Waals surface area contributed by atoms with Gasteiger partial charge >= 0.3 is 0 Å². The van der Waals surface area contributed by atoms with E-state index in [1.54, 1.807) is 13.0 Å². The first kappa shape index (κ1) is 15.8. The van der Waals surface area contributed by atoms with E-state index in [0.29, 0.717) is 22.6 Å². The van der Waals surface area contributed by atoms with Crippen molar-refractivity contribution in [1.29, 1.82) is 0 Å². The molecule has 0 bridgehead atoms. The molecule has 0 amide bonds. The minimum absolute atomic E-state index is 0.0367. The number of aromatic nitrogens is 2. The predicted molar refractivity (Wildman–Crippen MR) is 73.2 cm³/mol. The molecule has 1 aromatic carbocycles. The van der Waals surface area contributed by atoms with Gasteiger partial charge in [-0.05, 0) is 25.1 Å². The van der Waals surface area contributed by atoms with Gasteiger partial charge in [0.05, 0.1) is 23.4 Å². The second-order valence-electron chi connectivity index (χ2n) is 3.95. The molecule has 0 aliphatic rings. The van der Waals surface area contributed by atoms with Gasteiger partial charge in [0.2, 0.25) is 0 Å². The first-order chi connectivity index (χ1) is 9.82. The number of nitrogen functional groups attached to an aromatic ring is 1. The smallest absolute Gasteiger partial charge is 0.296 e. The quantitative estimate of drug-likeness (QED) is 0.321. The van der Waals surface area contributed by atoms with Gasteiger partial charge in [-0.2, -0.15) is 13.5 Å². The van der Waals surface area contributed by atoms with Gasteiger partial charge in [-0.15, -0.1) is 4.33 Å². The van der Waals surface area contributed by atoms with E-state index in [-0.39, 0.29) is 16.4 Å². The first-order valence-electron chi connectivity index (χ1n) is 5.41. The first-order valence-corrected chi connectivity index (χ1v) is 7.60. The highest BCUT2D eigenvalue weighted by Gasteiger charge is 2.20. The lowest BCUT2D eigenvalue weighted by Gasteiger charge is -2.10. The summed E-state index contributed by atoms with van der Waals surface area (Å²) in [5.41, 5.74) is 6.36. The van der Waals surface area contributed by atoms with Gasteiger partial charge < -0.3 is 5.73 Å². The highest BCUT2D eigenvalue weighted by molar-refractivity contribution is 7.94. The van der Waals surface area contributed by atoms with Gasteiger partial charge in [0, 0.05) is 11.0 Å². The van der Waals surface area contributed by atoms with Gasteiger partial charge in [-0.25, -0.2) is 9.94 Å². The molecule has 0 aliphatic carbocycles. The molecule has 11 heteroatoms. The summed E-state index contributed by atoms with van der Waals surface area (Å²) < 4.78 is 37.6. The summed E-state index contributed by atoms with van der Waals surface area (Å²) in [7, 11) is -4.47. The van der Waals surface area contributed by atoms with Gasteiger partial charge in [0.15, 0.2) is 0 Å². The molecule has 0 radical (unpaired) electrons. The van der Waals surface area contributed by atoms with E-state index in [1.165, 1.54) is 16.8 Å². The van der Waals surface area contributed by atoms with Crippen molar-refractivity contribution in [2.75, 3.05) is 5.73 Å². The Kier molecular flexibility index (Phi) is 4.51. The number of hydrogen-bond donors (Lipinski definition) is 3. The molecular formula is C10H11N3O6S2. The monoisotopic (exact) mass is 333 g/mol. The molecule has 1 heterocycles. The van der Waals surface area contributed by atoms with Gasteiger partial charge in [-0.3, -0.25) is 4.55 Å². The number of nitrogens with two attached hydrogens (primary N) is 1. The summed E-state index contributed by atoms with van der Waals surface area (Å²) in [6, 6.07) is 5.41. The molecule has 0 unspecified atom stereocenters. The zero-order chi connectivity index (χ0) is 15.6. The van der Waals surface area contributed by atoms with Crippen molar-refractivity contribution in [3.8, 4) is 5.69 Å². The lowest BCUT2D eigenvalue weighted by Crippen LogP contribution is -2.09. The molecule has 2 rings (SSSR count). The zero-order valence-electron chi connectivity index (χ0n) is 10.6. The van der Waals surface area contributed by atoms with Crippen molar-refractivity contribution in [2.24, 2.45) is 0 Å². The van der Waals surface area contributed by atoms with Crippen LogP contribution in [0.2, 0.25) is 0 Å². The minimum Gasteiger partial charge on any atom is -0.384 e. The van der Waals surface area contributed by atoms with E-state index >= 15 is 0 Å². The summed E-state index contributed by atoms with van der Waals surface area (Å²) in [6.45, 7) is 1.68. The highest BCUT2D eigenvalue weighted by Crippen LogP contribution is 2.28. The maximum Gasteiger partial charge on any atom is 0.296 e. The van der Waals surface area contributed by atoms with Crippen LogP contribution >= 0.6 is 12.0 Å². The summed E-state index contributed by atoms with van der Waals surface area (Å²) in [5.74, 6) is 0.193. The van der Waals surface area contributed by atoms with Gasteiger partial charge in [0.25, 0.3) is 10.1 Å². The predicted octanol–water partition coefficient (Wildman–Crippen LogP) is 1.44. The second kappa shape index (κ2) is 6.01. The minimum atomic E-state index is -4.47. The van der Waals surface area contributed by atoms with Crippen LogP contribution in [0.4, 0.5) is 5.82 Å². The standard InChI is InChI=1S/C10H11N3O6S2/c1-6-4-10(11)13(12-6)8-5-7(20-19-18-14)2-3-9(8)21(15,16)17/h2-5,14H,11H2,1H3,(H,15,16,17). The maximum atomic E-state index is 11.4. The normalized spacial score (nSPS) is 11.8. The number of benzene rings is 1. The highest BCUT2D eigenvalue weighted by atomic mass is 32.2. The molecule has 0 spiro atoms. The Morgan fingerprint density at radius 2 is 2.10 bits per heavy atom. The van der Waals surface area contributed by atoms with E-state index in [0.717, 1.165) is 6.07 Å². The van der Waals surface area contributed by atoms with Crippen molar-refractivity contribution in [1.82, 2.24) is 9.78 Å². The Morgan fingerprint density at radius 3 is 2.62 bits per heavy atom. The van der Waals surface area contributed by atoms with E-state index in [4.69, 9.17) is 11.0 Å². The van der Waals surface area contributed by atoms with Crippen molar-refractivity contribution in [3.05, 3.63) is 30.0 Å². The average Bonchev–Trinajstić information content (AvgIpc) is 2.74. The summed E-state index contributed by atoms with van der Waals surface area (Å²) >= 11 is 0.631. The fourth-order valence-corrected chi connectivity index (χ4v) is 2.74. The SMILES string of the molecule is Cc1cc(N)n(-c2cc(SOOO)ccc2S(=O)(=O)O)n1. The van der Waals surface area contributed by atoms with Crippen LogP contribution < -0.4 is 5.73 Å².